The molecule has 12 heteroatoms. The molecule has 206 valence electrons. The largest absolute Gasteiger partial charge is 0.357 e. The number of H-pyrrole nitrogens is 1. The Hall–Kier alpha value is -3.41. The first-order chi connectivity index (χ1) is 18.6. The lowest BCUT2D eigenvalue weighted by Gasteiger charge is -2.36. The summed E-state index contributed by atoms with van der Waals surface area (Å²) in [7, 11) is -3.97. The zero-order valence-electron chi connectivity index (χ0n) is 21.4. The van der Waals surface area contributed by atoms with E-state index in [0.29, 0.717) is 29.2 Å². The van der Waals surface area contributed by atoms with Crippen molar-refractivity contribution in [3.63, 3.8) is 0 Å². The highest BCUT2D eigenvalue weighted by molar-refractivity contribution is 7.89. The Bertz CT molecular complexity index is 1510. The Morgan fingerprint density at radius 3 is 2.62 bits per heavy atom. The van der Waals surface area contributed by atoms with Crippen molar-refractivity contribution >= 4 is 50.1 Å². The minimum atomic E-state index is -3.97. The van der Waals surface area contributed by atoms with E-state index < -0.39 is 28.0 Å². The van der Waals surface area contributed by atoms with Crippen LogP contribution in [0.5, 0.6) is 0 Å². The first kappa shape index (κ1) is 27.2. The second kappa shape index (κ2) is 11.0. The average Bonchev–Trinajstić information content (AvgIpc) is 3.58. The lowest BCUT2D eigenvalue weighted by molar-refractivity contribution is -0.144. The van der Waals surface area contributed by atoms with Gasteiger partial charge in [0.25, 0.3) is 5.91 Å². The van der Waals surface area contributed by atoms with E-state index in [0.717, 1.165) is 18.2 Å². The number of nitrogens with one attached hydrogen (secondary N) is 3. The van der Waals surface area contributed by atoms with Crippen LogP contribution >= 0.6 is 11.6 Å². The third kappa shape index (κ3) is 5.80. The van der Waals surface area contributed by atoms with Crippen LogP contribution < -0.4 is 10.0 Å². The maximum Gasteiger partial charge on any atom is 0.267 e. The van der Waals surface area contributed by atoms with E-state index in [1.54, 1.807) is 60.5 Å². The molecule has 3 heterocycles. The minimum absolute atomic E-state index is 0.0495. The van der Waals surface area contributed by atoms with Gasteiger partial charge < -0.3 is 20.1 Å². The van der Waals surface area contributed by atoms with Crippen LogP contribution in [0.25, 0.3) is 10.8 Å². The van der Waals surface area contributed by atoms with Crippen LogP contribution in [-0.4, -0.2) is 78.7 Å². The number of carbonyl (C=O) groups excluding carboxylic acids is 3. The Morgan fingerprint density at radius 1 is 1.08 bits per heavy atom. The third-order valence-electron chi connectivity index (χ3n) is 7.36. The van der Waals surface area contributed by atoms with Crippen molar-refractivity contribution in [1.29, 1.82) is 0 Å². The van der Waals surface area contributed by atoms with Crippen molar-refractivity contribution in [2.24, 2.45) is 0 Å². The number of hydrogen-bond donors (Lipinski definition) is 3. The van der Waals surface area contributed by atoms with Gasteiger partial charge in [-0.15, -0.1) is 0 Å². The van der Waals surface area contributed by atoms with Gasteiger partial charge in [-0.1, -0.05) is 23.7 Å². The number of benzene rings is 2. The van der Waals surface area contributed by atoms with Gasteiger partial charge in [0, 0.05) is 36.9 Å². The molecular weight excluding hydrogens is 542 g/mol. The van der Waals surface area contributed by atoms with Gasteiger partial charge in [-0.25, -0.2) is 8.42 Å². The number of carbonyl (C=O) groups is 3. The van der Waals surface area contributed by atoms with Gasteiger partial charge in [-0.3, -0.25) is 14.4 Å². The van der Waals surface area contributed by atoms with E-state index in [4.69, 9.17) is 11.6 Å². The van der Waals surface area contributed by atoms with E-state index in [1.807, 2.05) is 0 Å². The molecule has 5 rings (SSSR count). The number of likely N-dealkylation sites (tertiary alicyclic amines) is 2. The Balaban J connectivity index is 1.20. The second-order valence-electron chi connectivity index (χ2n) is 10.0. The number of halogens is 1. The van der Waals surface area contributed by atoms with Crippen LogP contribution in [0.4, 0.5) is 0 Å². The molecule has 1 unspecified atom stereocenters. The van der Waals surface area contributed by atoms with Crippen LogP contribution in [0.15, 0.2) is 59.6 Å². The van der Waals surface area contributed by atoms with Crippen molar-refractivity contribution in [3.8, 4) is 0 Å². The maximum absolute atomic E-state index is 13.3. The molecule has 3 amide bonds. The molecule has 0 spiro atoms. The normalized spacial score (nSPS) is 20.8. The molecule has 0 aliphatic carbocycles. The summed E-state index contributed by atoms with van der Waals surface area (Å²) < 4.78 is 28.7. The van der Waals surface area contributed by atoms with Crippen molar-refractivity contribution in [2.75, 3.05) is 19.6 Å². The smallest absolute Gasteiger partial charge is 0.267 e. The number of sulfonamides is 1. The zero-order chi connectivity index (χ0) is 27.7. The molecule has 3 atom stereocenters. The van der Waals surface area contributed by atoms with Gasteiger partial charge in [0.2, 0.25) is 21.8 Å². The molecule has 3 N–H and O–H groups in total. The molecule has 3 aromatic rings. The number of hydrogen-bond acceptors (Lipinski definition) is 5. The fourth-order valence-electron chi connectivity index (χ4n) is 5.24. The number of rotatable bonds is 7. The van der Waals surface area contributed by atoms with Gasteiger partial charge in [-0.2, -0.15) is 4.72 Å². The van der Waals surface area contributed by atoms with Crippen molar-refractivity contribution in [3.05, 3.63) is 65.4 Å². The van der Waals surface area contributed by atoms with Crippen molar-refractivity contribution < 1.29 is 22.8 Å². The summed E-state index contributed by atoms with van der Waals surface area (Å²) in [5, 5.41) is 5.03. The summed E-state index contributed by atoms with van der Waals surface area (Å²) >= 11 is 6.02. The SMILES string of the molecule is C[C@@H](C(=O)N1CCCC(NC(=O)c2ccc[nH]2)C1)N1CC[C@H](NS(=O)(=O)c2ccc3cc(Cl)ccc3c2)C1=O. The van der Waals surface area contributed by atoms with Crippen LogP contribution in [0.1, 0.15) is 36.7 Å². The summed E-state index contributed by atoms with van der Waals surface area (Å²) in [4.78, 5) is 44.9. The van der Waals surface area contributed by atoms with Gasteiger partial charge in [-0.05, 0) is 73.4 Å². The highest BCUT2D eigenvalue weighted by Crippen LogP contribution is 2.24. The van der Waals surface area contributed by atoms with Crippen LogP contribution in [0.2, 0.25) is 5.02 Å². The first-order valence-electron chi connectivity index (χ1n) is 12.9. The number of aromatic nitrogens is 1. The number of aromatic amines is 1. The molecule has 0 saturated carbocycles. The topological polar surface area (TPSA) is 132 Å². The highest BCUT2D eigenvalue weighted by Gasteiger charge is 2.40. The maximum atomic E-state index is 13.3. The van der Waals surface area contributed by atoms with E-state index in [1.165, 1.54) is 11.0 Å². The van der Waals surface area contributed by atoms with E-state index >= 15 is 0 Å². The zero-order valence-corrected chi connectivity index (χ0v) is 23.0. The molecule has 2 saturated heterocycles. The van der Waals surface area contributed by atoms with Crippen LogP contribution in [0, 0.1) is 0 Å². The summed E-state index contributed by atoms with van der Waals surface area (Å²) in [5.41, 5.74) is 0.455. The molecule has 2 aromatic carbocycles. The number of nitrogens with zero attached hydrogens (tertiary/aromatic N) is 2. The number of fused-ring (bicyclic) bond motifs is 1. The molecule has 2 aliphatic rings. The molecule has 2 fully saturated rings. The van der Waals surface area contributed by atoms with Gasteiger partial charge in [0.1, 0.15) is 17.8 Å². The van der Waals surface area contributed by atoms with Gasteiger partial charge in [0.15, 0.2) is 0 Å². The fraction of sp³-hybridized carbons (Fsp3) is 0.370. The predicted molar refractivity (Wildman–Crippen MR) is 147 cm³/mol. The third-order valence-corrected chi connectivity index (χ3v) is 9.06. The molecule has 10 nitrogen and oxygen atoms in total. The van der Waals surface area contributed by atoms with Crippen molar-refractivity contribution in [1.82, 2.24) is 24.8 Å². The lowest BCUT2D eigenvalue weighted by Crippen LogP contribution is -2.55. The van der Waals surface area contributed by atoms with Crippen molar-refractivity contribution in [2.45, 2.75) is 49.2 Å². The van der Waals surface area contributed by atoms with Gasteiger partial charge in [0.05, 0.1) is 4.90 Å². The highest BCUT2D eigenvalue weighted by atomic mass is 35.5. The summed E-state index contributed by atoms with van der Waals surface area (Å²) in [6.07, 6.45) is 3.40. The van der Waals surface area contributed by atoms with Gasteiger partial charge >= 0.3 is 0 Å². The molecule has 39 heavy (non-hydrogen) atoms. The Kier molecular flexibility index (Phi) is 7.66. The monoisotopic (exact) mass is 571 g/mol. The number of piperidine rings is 1. The minimum Gasteiger partial charge on any atom is -0.357 e. The molecule has 0 bridgehead atoms. The number of amides is 3. The molecule has 0 radical (unpaired) electrons. The Morgan fingerprint density at radius 2 is 1.85 bits per heavy atom. The summed E-state index contributed by atoms with van der Waals surface area (Å²) in [6.45, 7) is 2.80. The molecular formula is C27H30ClN5O5S. The van der Waals surface area contributed by atoms with E-state index in [-0.39, 0.29) is 35.7 Å². The second-order valence-corrected chi connectivity index (χ2v) is 12.2. The van der Waals surface area contributed by atoms with Crippen LogP contribution in [0.3, 0.4) is 0 Å². The lowest BCUT2D eigenvalue weighted by atomic mass is 10.0. The standard InChI is InChI=1S/C27H30ClN5O5S/c1-17(26(35)32-12-3-4-21(16-32)30-25(34)23-5-2-11-29-23)33-13-10-24(27(33)36)31-39(37,38)22-9-7-18-14-20(28)8-6-19(18)15-22/h2,5-9,11,14-15,17,21,24,29,31H,3-4,10,12-13,16H2,1H3,(H,30,34)/t17-,21?,24-/m0/s1. The fourth-order valence-corrected chi connectivity index (χ4v) is 6.68. The summed E-state index contributed by atoms with van der Waals surface area (Å²) in [6, 6.07) is 11.4. The summed E-state index contributed by atoms with van der Waals surface area (Å²) in [5.74, 6) is -0.883. The van der Waals surface area contributed by atoms with Crippen LogP contribution in [-0.2, 0) is 19.6 Å². The van der Waals surface area contributed by atoms with E-state index in [2.05, 4.69) is 15.0 Å². The molecule has 1 aromatic heterocycles. The molecule has 2 aliphatic heterocycles. The predicted octanol–water partition coefficient (Wildman–Crippen LogP) is 2.51. The average molecular weight is 572 g/mol. The van der Waals surface area contributed by atoms with E-state index in [9.17, 15) is 22.8 Å². The first-order valence-corrected chi connectivity index (χ1v) is 14.7. The quantitative estimate of drug-likeness (QED) is 0.401. The Labute approximate surface area is 231 Å².